The predicted octanol–water partition coefficient (Wildman–Crippen LogP) is 0.312. The summed E-state index contributed by atoms with van der Waals surface area (Å²) in [6.45, 7) is 2.22. The van der Waals surface area contributed by atoms with Crippen LogP contribution in [0.1, 0.15) is 6.92 Å². The second-order valence-corrected chi connectivity index (χ2v) is 1.80. The highest BCUT2D eigenvalue weighted by atomic mass is 16.7. The van der Waals surface area contributed by atoms with Crippen molar-refractivity contribution >= 4 is 11.5 Å². The van der Waals surface area contributed by atoms with Crippen LogP contribution >= 0.6 is 0 Å². The van der Waals surface area contributed by atoms with Crippen LogP contribution in [0.2, 0.25) is 0 Å². The number of rotatable bonds is 3. The van der Waals surface area contributed by atoms with E-state index >= 15 is 0 Å². The van der Waals surface area contributed by atoms with Crippen LogP contribution in [0, 0.1) is 4.91 Å². The van der Waals surface area contributed by atoms with E-state index < -0.39 is 0 Å². The molecule has 1 aromatic heterocycles. The summed E-state index contributed by atoms with van der Waals surface area (Å²) in [5, 5.41) is 6.29. The van der Waals surface area contributed by atoms with E-state index in [0.717, 1.165) is 4.85 Å². The van der Waals surface area contributed by atoms with Crippen LogP contribution in [0.15, 0.2) is 11.4 Å². The summed E-state index contributed by atoms with van der Waals surface area (Å²) in [7, 11) is 0. The van der Waals surface area contributed by atoms with Gasteiger partial charge in [-0.05, 0) is 12.1 Å². The lowest BCUT2D eigenvalue weighted by Crippen LogP contribution is -2.14. The van der Waals surface area contributed by atoms with Crippen molar-refractivity contribution in [2.24, 2.45) is 5.18 Å². The molecule has 1 rings (SSSR count). The lowest BCUT2D eigenvalue weighted by molar-refractivity contribution is 0.0978. The van der Waals surface area contributed by atoms with Gasteiger partial charge in [-0.1, -0.05) is 4.85 Å². The largest absolute Gasteiger partial charge is 0.395 e. The fourth-order valence-electron chi connectivity index (χ4n) is 0.629. The van der Waals surface area contributed by atoms with Gasteiger partial charge < -0.3 is 10.6 Å². The first-order valence-electron chi connectivity index (χ1n) is 3.09. The number of hydrogen-bond donors (Lipinski definition) is 1. The van der Waals surface area contributed by atoms with Crippen LogP contribution in [0.25, 0.3) is 0 Å². The Morgan fingerprint density at radius 2 is 2.64 bits per heavy atom. The molecule has 0 amide bonds. The molecule has 11 heavy (non-hydrogen) atoms. The second kappa shape index (κ2) is 3.00. The Kier molecular flexibility index (Phi) is 2.05. The maximum Gasteiger partial charge on any atom is 0.192 e. The standard InChI is InChI=1S/C5H8N4O2/c1-2-11-9-5(6)4(8-10)3-7-9/h3H,2,6H2,1H3. The Bertz CT molecular complexity index is 257. The van der Waals surface area contributed by atoms with Gasteiger partial charge in [0.05, 0.1) is 6.20 Å². The van der Waals surface area contributed by atoms with Crippen LogP contribution in [0.3, 0.4) is 0 Å². The summed E-state index contributed by atoms with van der Waals surface area (Å²) in [6.07, 6.45) is 1.25. The molecular formula is C5H8N4O2. The van der Waals surface area contributed by atoms with Crippen LogP contribution < -0.4 is 10.6 Å². The van der Waals surface area contributed by atoms with Gasteiger partial charge in [-0.2, -0.15) is 0 Å². The fraction of sp³-hybridized carbons (Fsp3) is 0.400. The number of aromatic nitrogens is 2. The highest BCUT2D eigenvalue weighted by Crippen LogP contribution is 2.18. The van der Waals surface area contributed by atoms with Gasteiger partial charge in [0.1, 0.15) is 6.61 Å². The number of nitrogens with zero attached hydrogens (tertiary/aromatic N) is 3. The molecule has 0 aliphatic rings. The minimum absolute atomic E-state index is 0.0958. The van der Waals surface area contributed by atoms with E-state index in [4.69, 9.17) is 10.6 Å². The van der Waals surface area contributed by atoms with Gasteiger partial charge in [0.15, 0.2) is 11.5 Å². The number of anilines is 1. The highest BCUT2D eigenvalue weighted by Gasteiger charge is 2.06. The van der Waals surface area contributed by atoms with E-state index in [1.54, 1.807) is 6.92 Å². The number of nitrogen functional groups attached to an aromatic ring is 1. The van der Waals surface area contributed by atoms with Gasteiger partial charge in [0.25, 0.3) is 0 Å². The number of hydrogen-bond acceptors (Lipinski definition) is 5. The smallest absolute Gasteiger partial charge is 0.192 e. The molecule has 6 heteroatoms. The summed E-state index contributed by atoms with van der Waals surface area (Å²) >= 11 is 0. The molecular weight excluding hydrogens is 148 g/mol. The molecule has 0 bridgehead atoms. The Labute approximate surface area is 62.9 Å². The van der Waals surface area contributed by atoms with E-state index in [9.17, 15) is 4.91 Å². The molecule has 0 aromatic carbocycles. The molecule has 0 spiro atoms. The van der Waals surface area contributed by atoms with Crippen molar-refractivity contribution in [3.63, 3.8) is 0 Å². The molecule has 0 aliphatic carbocycles. The van der Waals surface area contributed by atoms with Crippen molar-refractivity contribution in [1.82, 2.24) is 9.94 Å². The van der Waals surface area contributed by atoms with Crippen LogP contribution in [-0.4, -0.2) is 16.6 Å². The van der Waals surface area contributed by atoms with Crippen LogP contribution in [0.5, 0.6) is 0 Å². The summed E-state index contributed by atoms with van der Waals surface area (Å²) in [4.78, 5) is 16.0. The van der Waals surface area contributed by atoms with E-state index in [0.29, 0.717) is 6.61 Å². The fourth-order valence-corrected chi connectivity index (χ4v) is 0.629. The molecule has 0 radical (unpaired) electrons. The van der Waals surface area contributed by atoms with E-state index in [2.05, 4.69) is 10.3 Å². The Balaban J connectivity index is 2.90. The molecule has 6 nitrogen and oxygen atoms in total. The summed E-state index contributed by atoms with van der Waals surface area (Å²) in [6, 6.07) is 0. The molecule has 0 aliphatic heterocycles. The molecule has 1 aromatic rings. The number of nitrogens with two attached hydrogens (primary N) is 1. The minimum Gasteiger partial charge on any atom is -0.395 e. The third-order valence-electron chi connectivity index (χ3n) is 1.10. The van der Waals surface area contributed by atoms with Crippen LogP contribution in [0.4, 0.5) is 11.5 Å². The first-order chi connectivity index (χ1) is 5.29. The van der Waals surface area contributed by atoms with Gasteiger partial charge in [-0.15, -0.1) is 10.0 Å². The molecule has 1 heterocycles. The third kappa shape index (κ3) is 1.28. The average Bonchev–Trinajstić information content (AvgIpc) is 2.34. The summed E-state index contributed by atoms with van der Waals surface area (Å²) in [5.74, 6) is 0.127. The molecule has 0 atom stereocenters. The lowest BCUT2D eigenvalue weighted by atomic mass is 10.5. The van der Waals surface area contributed by atoms with Gasteiger partial charge in [-0.25, -0.2) is 0 Å². The Hall–Kier alpha value is -1.59. The maximum absolute atomic E-state index is 10.0. The van der Waals surface area contributed by atoms with Crippen LogP contribution in [-0.2, 0) is 0 Å². The molecule has 0 saturated heterocycles. The normalized spacial score (nSPS) is 9.55. The molecule has 60 valence electrons. The van der Waals surface area contributed by atoms with Gasteiger partial charge in [0, 0.05) is 0 Å². The topological polar surface area (TPSA) is 82.5 Å². The summed E-state index contributed by atoms with van der Waals surface area (Å²) < 4.78 is 0. The van der Waals surface area contributed by atoms with Crippen molar-refractivity contribution in [1.29, 1.82) is 0 Å². The first kappa shape index (κ1) is 7.52. The molecule has 0 fully saturated rings. The van der Waals surface area contributed by atoms with Crippen molar-refractivity contribution in [3.05, 3.63) is 11.1 Å². The summed E-state index contributed by atoms with van der Waals surface area (Å²) in [5.41, 5.74) is 5.48. The monoisotopic (exact) mass is 156 g/mol. The van der Waals surface area contributed by atoms with Gasteiger partial charge >= 0.3 is 0 Å². The van der Waals surface area contributed by atoms with Crippen molar-refractivity contribution in [2.75, 3.05) is 12.3 Å². The molecule has 0 unspecified atom stereocenters. The predicted molar refractivity (Wildman–Crippen MR) is 39.2 cm³/mol. The molecule has 2 N–H and O–H groups in total. The minimum atomic E-state index is 0.0958. The lowest BCUT2D eigenvalue weighted by Gasteiger charge is -2.01. The van der Waals surface area contributed by atoms with Crippen molar-refractivity contribution in [2.45, 2.75) is 6.92 Å². The maximum atomic E-state index is 10.0. The third-order valence-corrected chi connectivity index (χ3v) is 1.10. The highest BCUT2D eigenvalue weighted by molar-refractivity contribution is 5.55. The zero-order valence-electron chi connectivity index (χ0n) is 6.02. The Morgan fingerprint density at radius 1 is 1.91 bits per heavy atom. The van der Waals surface area contributed by atoms with E-state index in [1.807, 2.05) is 0 Å². The average molecular weight is 156 g/mol. The van der Waals surface area contributed by atoms with Crippen molar-refractivity contribution < 1.29 is 4.84 Å². The van der Waals surface area contributed by atoms with Crippen molar-refractivity contribution in [3.8, 4) is 0 Å². The van der Waals surface area contributed by atoms with E-state index in [1.165, 1.54) is 6.20 Å². The van der Waals surface area contributed by atoms with Gasteiger partial charge in [-0.3, -0.25) is 0 Å². The SMILES string of the molecule is CCOn1ncc(N=O)c1N. The zero-order chi connectivity index (χ0) is 8.27. The Morgan fingerprint density at radius 3 is 3.09 bits per heavy atom. The number of nitroso groups, excluding NO2 is 1. The van der Waals surface area contributed by atoms with Gasteiger partial charge in [0.2, 0.25) is 0 Å². The van der Waals surface area contributed by atoms with E-state index in [-0.39, 0.29) is 11.5 Å². The molecule has 0 saturated carbocycles. The first-order valence-corrected chi connectivity index (χ1v) is 3.09. The quantitative estimate of drug-likeness (QED) is 0.638. The zero-order valence-corrected chi connectivity index (χ0v) is 6.02. The second-order valence-electron chi connectivity index (χ2n) is 1.80.